The molecule has 2 amide bonds. The van der Waals surface area contributed by atoms with Gasteiger partial charge in [-0.3, -0.25) is 9.59 Å². The van der Waals surface area contributed by atoms with Crippen LogP contribution in [-0.2, 0) is 11.2 Å². The third kappa shape index (κ3) is 5.51. The van der Waals surface area contributed by atoms with E-state index in [-0.39, 0.29) is 17.2 Å². The van der Waals surface area contributed by atoms with Crippen LogP contribution in [0.15, 0.2) is 36.4 Å². The molecule has 0 spiro atoms. The molecule has 2 N–H and O–H groups in total. The second kappa shape index (κ2) is 8.16. The van der Waals surface area contributed by atoms with Crippen molar-refractivity contribution in [1.82, 2.24) is 5.32 Å². The molecule has 0 saturated carbocycles. The lowest BCUT2D eigenvalue weighted by Crippen LogP contribution is -2.40. The van der Waals surface area contributed by atoms with Gasteiger partial charge in [-0.25, -0.2) is 8.78 Å². The largest absolute Gasteiger partial charge is 0.496 e. The Morgan fingerprint density at radius 1 is 1.11 bits per heavy atom. The van der Waals surface area contributed by atoms with Crippen LogP contribution in [0.4, 0.5) is 14.5 Å². The first-order chi connectivity index (χ1) is 12.6. The number of hydrogen-bond donors (Lipinski definition) is 2. The lowest BCUT2D eigenvalue weighted by Gasteiger charge is -2.20. The SMILES string of the molecule is COc1ccc(F)c(F)c1CC(=O)Nc1cccc(C(=O)NC(C)(C)C)c1. The van der Waals surface area contributed by atoms with Crippen LogP contribution in [0, 0.1) is 11.6 Å². The number of nitrogens with one attached hydrogen (secondary N) is 2. The Morgan fingerprint density at radius 3 is 2.44 bits per heavy atom. The van der Waals surface area contributed by atoms with Crippen molar-refractivity contribution in [2.45, 2.75) is 32.7 Å². The maximum Gasteiger partial charge on any atom is 0.251 e. The average molecular weight is 376 g/mol. The van der Waals surface area contributed by atoms with E-state index in [0.29, 0.717) is 11.3 Å². The zero-order chi connectivity index (χ0) is 20.2. The van der Waals surface area contributed by atoms with E-state index in [1.165, 1.54) is 19.2 Å². The molecule has 2 rings (SSSR count). The van der Waals surface area contributed by atoms with Crippen LogP contribution in [0.2, 0.25) is 0 Å². The molecular formula is C20H22F2N2O3. The predicted octanol–water partition coefficient (Wildman–Crippen LogP) is 3.68. The molecule has 0 atom stereocenters. The smallest absolute Gasteiger partial charge is 0.251 e. The van der Waals surface area contributed by atoms with Gasteiger partial charge in [0.15, 0.2) is 11.6 Å². The summed E-state index contributed by atoms with van der Waals surface area (Å²) in [5, 5.41) is 5.41. The van der Waals surface area contributed by atoms with Gasteiger partial charge in [0.25, 0.3) is 5.91 Å². The van der Waals surface area contributed by atoms with Crippen LogP contribution in [0.1, 0.15) is 36.7 Å². The number of halogens is 2. The number of carbonyl (C=O) groups excluding carboxylic acids is 2. The van der Waals surface area contributed by atoms with E-state index in [1.54, 1.807) is 18.2 Å². The minimum absolute atomic E-state index is 0.0855. The second-order valence-corrected chi connectivity index (χ2v) is 7.05. The Bertz CT molecular complexity index is 861. The third-order valence-electron chi connectivity index (χ3n) is 3.61. The molecule has 0 aliphatic carbocycles. The summed E-state index contributed by atoms with van der Waals surface area (Å²) in [5.74, 6) is -2.94. The Balaban J connectivity index is 2.15. The number of amides is 2. The van der Waals surface area contributed by atoms with E-state index in [4.69, 9.17) is 4.74 Å². The van der Waals surface area contributed by atoms with Crippen molar-refractivity contribution in [3.05, 3.63) is 59.2 Å². The van der Waals surface area contributed by atoms with Crippen LogP contribution >= 0.6 is 0 Å². The lowest BCUT2D eigenvalue weighted by atomic mass is 10.1. The van der Waals surface area contributed by atoms with E-state index in [2.05, 4.69) is 10.6 Å². The quantitative estimate of drug-likeness (QED) is 0.836. The molecule has 144 valence electrons. The highest BCUT2D eigenvalue weighted by Gasteiger charge is 2.19. The van der Waals surface area contributed by atoms with E-state index >= 15 is 0 Å². The Hall–Kier alpha value is -2.96. The molecule has 0 unspecified atom stereocenters. The van der Waals surface area contributed by atoms with E-state index in [9.17, 15) is 18.4 Å². The molecule has 0 bridgehead atoms. The van der Waals surface area contributed by atoms with Gasteiger partial charge in [-0.2, -0.15) is 0 Å². The first kappa shape index (κ1) is 20.4. The number of carbonyl (C=O) groups is 2. The molecule has 0 radical (unpaired) electrons. The van der Waals surface area contributed by atoms with Gasteiger partial charge in [-0.05, 0) is 51.1 Å². The summed E-state index contributed by atoms with van der Waals surface area (Å²) < 4.78 is 32.4. The van der Waals surface area contributed by atoms with Crippen LogP contribution < -0.4 is 15.4 Å². The molecule has 27 heavy (non-hydrogen) atoms. The van der Waals surface area contributed by atoms with Gasteiger partial charge < -0.3 is 15.4 Å². The molecule has 0 aromatic heterocycles. The van der Waals surface area contributed by atoms with E-state index in [0.717, 1.165) is 6.07 Å². The van der Waals surface area contributed by atoms with E-state index in [1.807, 2.05) is 20.8 Å². The van der Waals surface area contributed by atoms with Crippen LogP contribution in [-0.4, -0.2) is 24.5 Å². The fourth-order valence-electron chi connectivity index (χ4n) is 2.45. The van der Waals surface area contributed by atoms with Crippen LogP contribution in [0.5, 0.6) is 5.75 Å². The minimum atomic E-state index is -1.12. The maximum atomic E-state index is 14.0. The van der Waals surface area contributed by atoms with Crippen molar-refractivity contribution in [2.75, 3.05) is 12.4 Å². The highest BCUT2D eigenvalue weighted by molar-refractivity contribution is 5.98. The molecule has 0 heterocycles. The maximum absolute atomic E-state index is 14.0. The topological polar surface area (TPSA) is 67.4 Å². The lowest BCUT2D eigenvalue weighted by molar-refractivity contribution is -0.115. The van der Waals surface area contributed by atoms with Gasteiger partial charge in [-0.1, -0.05) is 6.07 Å². The molecular weight excluding hydrogens is 354 g/mol. The molecule has 7 heteroatoms. The molecule has 0 fully saturated rings. The second-order valence-electron chi connectivity index (χ2n) is 7.05. The Labute approximate surface area is 156 Å². The average Bonchev–Trinajstić information content (AvgIpc) is 2.58. The zero-order valence-corrected chi connectivity index (χ0v) is 15.7. The van der Waals surface area contributed by atoms with Crippen molar-refractivity contribution in [3.8, 4) is 5.75 Å². The van der Waals surface area contributed by atoms with Gasteiger partial charge >= 0.3 is 0 Å². The minimum Gasteiger partial charge on any atom is -0.496 e. The molecule has 0 aliphatic rings. The van der Waals surface area contributed by atoms with Crippen LogP contribution in [0.25, 0.3) is 0 Å². The highest BCUT2D eigenvalue weighted by Crippen LogP contribution is 2.24. The predicted molar refractivity (Wildman–Crippen MR) is 98.9 cm³/mol. The van der Waals surface area contributed by atoms with Crippen molar-refractivity contribution in [3.63, 3.8) is 0 Å². The van der Waals surface area contributed by atoms with Gasteiger partial charge in [0.1, 0.15) is 5.75 Å². The molecule has 5 nitrogen and oxygen atoms in total. The summed E-state index contributed by atoms with van der Waals surface area (Å²) in [6.45, 7) is 5.58. The fraction of sp³-hybridized carbons (Fsp3) is 0.300. The number of benzene rings is 2. The standard InChI is InChI=1S/C20H22F2N2O3/c1-20(2,3)24-19(26)12-6-5-7-13(10-12)23-17(25)11-14-16(27-4)9-8-15(21)18(14)22/h5-10H,11H2,1-4H3,(H,23,25)(H,24,26). The molecule has 0 saturated heterocycles. The number of rotatable bonds is 5. The van der Waals surface area contributed by atoms with E-state index < -0.39 is 29.5 Å². The number of methoxy groups -OCH3 is 1. The molecule has 2 aromatic carbocycles. The number of hydrogen-bond acceptors (Lipinski definition) is 3. The zero-order valence-electron chi connectivity index (χ0n) is 15.7. The summed E-state index contributed by atoms with van der Waals surface area (Å²) in [5.41, 5.74) is 0.174. The Morgan fingerprint density at radius 2 is 1.81 bits per heavy atom. The first-order valence-corrected chi connectivity index (χ1v) is 8.34. The van der Waals surface area contributed by atoms with Gasteiger partial charge in [-0.15, -0.1) is 0 Å². The van der Waals surface area contributed by atoms with Crippen molar-refractivity contribution in [2.24, 2.45) is 0 Å². The van der Waals surface area contributed by atoms with Crippen molar-refractivity contribution in [1.29, 1.82) is 0 Å². The van der Waals surface area contributed by atoms with Crippen molar-refractivity contribution < 1.29 is 23.1 Å². The normalized spacial score (nSPS) is 11.0. The Kier molecular flexibility index (Phi) is 6.15. The van der Waals surface area contributed by atoms with Gasteiger partial charge in [0, 0.05) is 22.4 Å². The number of ether oxygens (including phenoxy) is 1. The summed E-state index contributed by atoms with van der Waals surface area (Å²) in [4.78, 5) is 24.5. The highest BCUT2D eigenvalue weighted by atomic mass is 19.2. The van der Waals surface area contributed by atoms with Crippen molar-refractivity contribution >= 4 is 17.5 Å². The van der Waals surface area contributed by atoms with Gasteiger partial charge in [0.2, 0.25) is 5.91 Å². The third-order valence-corrected chi connectivity index (χ3v) is 3.61. The molecule has 0 aliphatic heterocycles. The monoisotopic (exact) mass is 376 g/mol. The summed E-state index contributed by atoms with van der Waals surface area (Å²) in [6, 6.07) is 8.55. The van der Waals surface area contributed by atoms with Crippen LogP contribution in [0.3, 0.4) is 0 Å². The number of anilines is 1. The molecule has 2 aromatic rings. The first-order valence-electron chi connectivity index (χ1n) is 8.34. The fourth-order valence-corrected chi connectivity index (χ4v) is 2.45. The summed E-state index contributed by atoms with van der Waals surface area (Å²) in [7, 11) is 1.31. The summed E-state index contributed by atoms with van der Waals surface area (Å²) >= 11 is 0. The summed E-state index contributed by atoms with van der Waals surface area (Å²) in [6.07, 6.45) is -0.412. The van der Waals surface area contributed by atoms with Gasteiger partial charge in [0.05, 0.1) is 13.5 Å².